The highest BCUT2D eigenvalue weighted by Gasteiger charge is 2.29. The van der Waals surface area contributed by atoms with E-state index in [1.165, 1.54) is 0 Å². The Balaban J connectivity index is 1.55. The molecule has 138 valence electrons. The molecule has 0 aliphatic carbocycles. The molecule has 2 heterocycles. The topological polar surface area (TPSA) is 43.8 Å². The molecule has 7 heteroatoms. The van der Waals surface area contributed by atoms with Crippen LogP contribution in [-0.2, 0) is 11.2 Å². The average molecular weight is 373 g/mol. The molecule has 0 bridgehead atoms. The van der Waals surface area contributed by atoms with Crippen LogP contribution < -0.4 is 0 Å². The maximum Gasteiger partial charge on any atom is 0.227 e. The summed E-state index contributed by atoms with van der Waals surface area (Å²) in [6.45, 7) is 2.95. The lowest BCUT2D eigenvalue weighted by atomic mass is 9.98. The number of carbonyl (C=O) groups is 1. The summed E-state index contributed by atoms with van der Waals surface area (Å²) in [5.41, 5.74) is -0.260. The van der Waals surface area contributed by atoms with Gasteiger partial charge in [0, 0.05) is 37.8 Å². The second-order valence-corrected chi connectivity index (χ2v) is 7.28. The molecule has 1 N–H and O–H groups in total. The van der Waals surface area contributed by atoms with Crippen molar-refractivity contribution < 1.29 is 18.7 Å². The Bertz CT molecular complexity index is 628. The van der Waals surface area contributed by atoms with Crippen LogP contribution in [0.2, 0.25) is 5.02 Å². The highest BCUT2D eigenvalue weighted by Crippen LogP contribution is 2.24. The van der Waals surface area contributed by atoms with Crippen LogP contribution >= 0.6 is 11.6 Å². The van der Waals surface area contributed by atoms with Crippen LogP contribution in [0.25, 0.3) is 0 Å². The predicted octanol–water partition coefficient (Wildman–Crippen LogP) is 2.61. The number of rotatable bonds is 3. The fourth-order valence-corrected chi connectivity index (χ4v) is 3.90. The molecule has 0 radical (unpaired) electrons. The molecule has 1 aromatic carbocycles. The van der Waals surface area contributed by atoms with Crippen molar-refractivity contribution in [2.24, 2.45) is 0 Å². The van der Waals surface area contributed by atoms with Crippen LogP contribution in [0.5, 0.6) is 0 Å². The third kappa shape index (κ3) is 4.30. The highest BCUT2D eigenvalue weighted by atomic mass is 35.5. The van der Waals surface area contributed by atoms with Crippen LogP contribution in [0, 0.1) is 11.6 Å². The van der Waals surface area contributed by atoms with E-state index in [0.29, 0.717) is 19.1 Å². The standard InChI is InChI=1S/C18H23ClF2N2O2/c19-15-1-2-16(20)14(18(15)21)11-17(25)23-7-3-12(4-8-23)22-9-5-13(24)6-10-22/h1-2,12-13,24H,3-11H2. The van der Waals surface area contributed by atoms with Gasteiger partial charge in [-0.15, -0.1) is 0 Å². The molecular weight excluding hydrogens is 350 g/mol. The quantitative estimate of drug-likeness (QED) is 0.829. The Kier molecular flexibility index (Phi) is 5.92. The van der Waals surface area contributed by atoms with Crippen molar-refractivity contribution in [3.8, 4) is 0 Å². The third-order valence-electron chi connectivity index (χ3n) is 5.30. The van der Waals surface area contributed by atoms with Gasteiger partial charge in [0.05, 0.1) is 17.5 Å². The van der Waals surface area contributed by atoms with Gasteiger partial charge < -0.3 is 14.9 Å². The first-order chi connectivity index (χ1) is 12.0. The van der Waals surface area contributed by atoms with Crippen molar-refractivity contribution in [1.29, 1.82) is 0 Å². The third-order valence-corrected chi connectivity index (χ3v) is 5.59. The lowest BCUT2D eigenvalue weighted by Gasteiger charge is -2.41. The minimum Gasteiger partial charge on any atom is -0.393 e. The summed E-state index contributed by atoms with van der Waals surface area (Å²) >= 11 is 5.68. The van der Waals surface area contributed by atoms with E-state index in [2.05, 4.69) is 4.90 Å². The molecule has 3 rings (SSSR count). The first kappa shape index (κ1) is 18.5. The van der Waals surface area contributed by atoms with Gasteiger partial charge in [-0.25, -0.2) is 8.78 Å². The Morgan fingerprint density at radius 1 is 1.12 bits per heavy atom. The van der Waals surface area contributed by atoms with E-state index in [0.717, 1.165) is 50.9 Å². The maximum absolute atomic E-state index is 14.0. The summed E-state index contributed by atoms with van der Waals surface area (Å²) in [4.78, 5) is 16.5. The first-order valence-electron chi connectivity index (χ1n) is 8.78. The molecule has 1 amide bonds. The van der Waals surface area contributed by atoms with Gasteiger partial charge in [0.15, 0.2) is 0 Å². The fraction of sp³-hybridized carbons (Fsp3) is 0.611. The van der Waals surface area contributed by atoms with Crippen LogP contribution in [-0.4, -0.2) is 59.1 Å². The Morgan fingerprint density at radius 2 is 1.76 bits per heavy atom. The monoisotopic (exact) mass is 372 g/mol. The van der Waals surface area contributed by atoms with E-state index >= 15 is 0 Å². The number of nitrogens with zero attached hydrogens (tertiary/aromatic N) is 2. The van der Waals surface area contributed by atoms with Gasteiger partial charge in [-0.2, -0.15) is 0 Å². The fourth-order valence-electron chi connectivity index (χ4n) is 3.73. The number of benzene rings is 1. The molecule has 1 aromatic rings. The van der Waals surface area contributed by atoms with Gasteiger partial charge in [0.1, 0.15) is 11.6 Å². The van der Waals surface area contributed by atoms with E-state index in [9.17, 15) is 18.7 Å². The smallest absolute Gasteiger partial charge is 0.227 e. The molecule has 0 aromatic heterocycles. The molecule has 4 nitrogen and oxygen atoms in total. The van der Waals surface area contributed by atoms with Crippen LogP contribution in [0.4, 0.5) is 8.78 Å². The van der Waals surface area contributed by atoms with Crippen molar-refractivity contribution >= 4 is 17.5 Å². The molecule has 2 saturated heterocycles. The summed E-state index contributed by atoms with van der Waals surface area (Å²) in [5, 5.41) is 9.42. The van der Waals surface area contributed by atoms with Gasteiger partial charge >= 0.3 is 0 Å². The number of halogens is 3. The minimum absolute atomic E-state index is 0.171. The van der Waals surface area contributed by atoms with E-state index in [4.69, 9.17) is 11.6 Å². The zero-order chi connectivity index (χ0) is 18.0. The number of aliphatic hydroxyl groups is 1. The Labute approximate surface area is 151 Å². The number of piperidine rings is 2. The summed E-state index contributed by atoms with van der Waals surface area (Å²) in [6, 6.07) is 2.66. The number of carbonyl (C=O) groups excluding carboxylic acids is 1. The average Bonchev–Trinajstić information content (AvgIpc) is 2.62. The second kappa shape index (κ2) is 7.98. The second-order valence-electron chi connectivity index (χ2n) is 6.88. The molecule has 0 atom stereocenters. The van der Waals surface area contributed by atoms with Gasteiger partial charge in [0.25, 0.3) is 0 Å². The molecule has 0 spiro atoms. The Hall–Kier alpha value is -1.24. The van der Waals surface area contributed by atoms with E-state index in [-0.39, 0.29) is 29.0 Å². The predicted molar refractivity (Wildman–Crippen MR) is 91.5 cm³/mol. The zero-order valence-electron chi connectivity index (χ0n) is 14.1. The molecule has 0 saturated carbocycles. The molecule has 2 aliphatic heterocycles. The maximum atomic E-state index is 14.0. The van der Waals surface area contributed by atoms with Crippen LogP contribution in [0.15, 0.2) is 12.1 Å². The van der Waals surface area contributed by atoms with Crippen LogP contribution in [0.3, 0.4) is 0 Å². The highest BCUT2D eigenvalue weighted by molar-refractivity contribution is 6.30. The van der Waals surface area contributed by atoms with E-state index in [1.807, 2.05) is 0 Å². The number of aliphatic hydroxyl groups excluding tert-OH is 1. The van der Waals surface area contributed by atoms with E-state index in [1.54, 1.807) is 4.90 Å². The summed E-state index contributed by atoms with van der Waals surface area (Å²) in [7, 11) is 0. The molecule has 25 heavy (non-hydrogen) atoms. The van der Waals surface area contributed by atoms with E-state index < -0.39 is 11.6 Å². The lowest BCUT2D eigenvalue weighted by Crippen LogP contribution is -2.49. The van der Waals surface area contributed by atoms with Crippen molar-refractivity contribution in [3.63, 3.8) is 0 Å². The normalized spacial score (nSPS) is 20.9. The summed E-state index contributed by atoms with van der Waals surface area (Å²) in [6.07, 6.45) is 2.79. The Morgan fingerprint density at radius 3 is 2.40 bits per heavy atom. The minimum atomic E-state index is -0.850. The van der Waals surface area contributed by atoms with Crippen molar-refractivity contribution in [2.75, 3.05) is 26.2 Å². The molecule has 0 unspecified atom stereocenters. The molecular formula is C18H23ClF2N2O2. The van der Waals surface area contributed by atoms with Gasteiger partial charge in [-0.1, -0.05) is 11.6 Å². The van der Waals surface area contributed by atoms with Gasteiger partial charge in [-0.3, -0.25) is 4.79 Å². The number of likely N-dealkylation sites (tertiary alicyclic amines) is 2. The largest absolute Gasteiger partial charge is 0.393 e. The number of hydrogen-bond donors (Lipinski definition) is 1. The zero-order valence-corrected chi connectivity index (χ0v) is 14.8. The van der Waals surface area contributed by atoms with Crippen molar-refractivity contribution in [3.05, 3.63) is 34.4 Å². The van der Waals surface area contributed by atoms with Crippen molar-refractivity contribution in [1.82, 2.24) is 9.80 Å². The summed E-state index contributed by atoms with van der Waals surface area (Å²) < 4.78 is 27.8. The number of hydrogen-bond acceptors (Lipinski definition) is 3. The van der Waals surface area contributed by atoms with Crippen LogP contribution in [0.1, 0.15) is 31.2 Å². The SMILES string of the molecule is O=C(Cc1c(F)ccc(Cl)c1F)N1CCC(N2CCC(O)CC2)CC1. The molecule has 2 aliphatic rings. The van der Waals surface area contributed by atoms with Crippen molar-refractivity contribution in [2.45, 2.75) is 44.2 Å². The molecule has 2 fully saturated rings. The first-order valence-corrected chi connectivity index (χ1v) is 9.15. The number of amides is 1. The van der Waals surface area contributed by atoms with Gasteiger partial charge in [-0.05, 0) is 37.8 Å². The summed E-state index contributed by atoms with van der Waals surface area (Å²) in [5.74, 6) is -1.86. The lowest BCUT2D eigenvalue weighted by molar-refractivity contribution is -0.132. The van der Waals surface area contributed by atoms with Gasteiger partial charge in [0.2, 0.25) is 5.91 Å².